The average Bonchev–Trinajstić information content (AvgIpc) is 3.17. The quantitative estimate of drug-likeness (QED) is 0.0842. The van der Waals surface area contributed by atoms with Crippen LogP contribution in [0.15, 0.2) is 198 Å². The average molecular weight is 630 g/mol. The lowest BCUT2D eigenvalue weighted by molar-refractivity contribution is 1.07. The number of allylic oxidation sites excluding steroid dienone is 4. The lowest BCUT2D eigenvalue weighted by atomic mass is 9.92. The Labute approximate surface area is 287 Å². The molecule has 6 aromatic carbocycles. The smallest absolute Gasteiger partial charge is 0.0716 e. The molecule has 0 saturated carbocycles. The molecule has 0 aliphatic heterocycles. The molecule has 0 N–H and O–H groups in total. The Morgan fingerprint density at radius 2 is 1.43 bits per heavy atom. The van der Waals surface area contributed by atoms with Crippen LogP contribution in [-0.2, 0) is 6.54 Å². The van der Waals surface area contributed by atoms with Crippen LogP contribution < -0.4 is 0 Å². The lowest BCUT2D eigenvalue weighted by Crippen LogP contribution is -2.01. The van der Waals surface area contributed by atoms with Crippen molar-refractivity contribution in [3.63, 3.8) is 0 Å². The molecule has 0 aliphatic carbocycles. The number of aromatic nitrogens is 1. The first-order chi connectivity index (χ1) is 24.2. The fourth-order valence-corrected chi connectivity index (χ4v) is 6.21. The largest absolute Gasteiger partial charge is 0.280 e. The maximum absolute atomic E-state index is 5.18. The second-order valence-corrected chi connectivity index (χ2v) is 11.8. The number of pyridine rings is 1. The van der Waals surface area contributed by atoms with Gasteiger partial charge in [0, 0.05) is 18.0 Å². The molecule has 0 radical (unpaired) electrons. The summed E-state index contributed by atoms with van der Waals surface area (Å²) < 4.78 is 0. The summed E-state index contributed by atoms with van der Waals surface area (Å²) in [5, 5.41) is 7.38. The second-order valence-electron chi connectivity index (χ2n) is 11.8. The van der Waals surface area contributed by atoms with E-state index in [-0.39, 0.29) is 0 Å². The van der Waals surface area contributed by atoms with Crippen molar-refractivity contribution in [1.29, 1.82) is 0 Å². The van der Waals surface area contributed by atoms with Gasteiger partial charge in [-0.3, -0.25) is 15.0 Å². The summed E-state index contributed by atoms with van der Waals surface area (Å²) in [6, 6.07) is 47.0. The molecule has 1 aromatic heterocycles. The summed E-state index contributed by atoms with van der Waals surface area (Å²) in [6.07, 6.45) is 13.3. The van der Waals surface area contributed by atoms with Crippen LogP contribution in [0.2, 0.25) is 0 Å². The Kier molecular flexibility index (Phi) is 9.25. The predicted molar refractivity (Wildman–Crippen MR) is 210 cm³/mol. The SMILES string of the molecule is C=C/C=C(\C=C\c1cccnc1)C(=C/C(=NCc1ccc2ccccc2c1)c1ccc(-c2cc3ccccc3c3ccccc23)cc1)/N=C. The Hall–Kier alpha value is -6.45. The zero-order valence-corrected chi connectivity index (χ0v) is 27.2. The molecule has 7 rings (SSSR count). The summed E-state index contributed by atoms with van der Waals surface area (Å²) in [7, 11) is 0. The van der Waals surface area contributed by atoms with E-state index in [2.05, 4.69) is 145 Å². The first kappa shape index (κ1) is 31.2. The third kappa shape index (κ3) is 6.97. The maximum Gasteiger partial charge on any atom is 0.0716 e. The van der Waals surface area contributed by atoms with Crippen LogP contribution in [0.4, 0.5) is 0 Å². The highest BCUT2D eigenvalue weighted by Crippen LogP contribution is 2.35. The zero-order valence-electron chi connectivity index (χ0n) is 27.2. The minimum atomic E-state index is 0.518. The van der Waals surface area contributed by atoms with Gasteiger partial charge in [0.15, 0.2) is 0 Å². The number of fused-ring (bicyclic) bond motifs is 4. The minimum Gasteiger partial charge on any atom is -0.280 e. The number of nitrogens with zero attached hydrogens (tertiary/aromatic N) is 3. The first-order valence-electron chi connectivity index (χ1n) is 16.3. The molecular weight excluding hydrogens is 595 g/mol. The van der Waals surface area contributed by atoms with Crippen molar-refractivity contribution >= 4 is 50.8 Å². The van der Waals surface area contributed by atoms with Crippen molar-refractivity contribution in [3.05, 3.63) is 205 Å². The molecule has 0 unspecified atom stereocenters. The van der Waals surface area contributed by atoms with Gasteiger partial charge in [-0.15, -0.1) is 0 Å². The van der Waals surface area contributed by atoms with Crippen LogP contribution in [-0.4, -0.2) is 17.4 Å². The molecule has 7 aromatic rings. The van der Waals surface area contributed by atoms with E-state index in [9.17, 15) is 0 Å². The van der Waals surface area contributed by atoms with Crippen molar-refractivity contribution < 1.29 is 0 Å². The van der Waals surface area contributed by atoms with E-state index in [1.165, 1.54) is 37.9 Å². The van der Waals surface area contributed by atoms with Gasteiger partial charge in [0.25, 0.3) is 0 Å². The second kappa shape index (κ2) is 14.5. The molecule has 0 aliphatic rings. The van der Waals surface area contributed by atoms with E-state index < -0.39 is 0 Å². The van der Waals surface area contributed by atoms with Crippen LogP contribution in [0.25, 0.3) is 49.5 Å². The van der Waals surface area contributed by atoms with Crippen LogP contribution >= 0.6 is 0 Å². The van der Waals surface area contributed by atoms with Gasteiger partial charge in [-0.1, -0.05) is 146 Å². The summed E-state index contributed by atoms with van der Waals surface area (Å²) in [5.74, 6) is 0. The summed E-state index contributed by atoms with van der Waals surface area (Å²) in [4.78, 5) is 13.9. The molecule has 0 saturated heterocycles. The van der Waals surface area contributed by atoms with Gasteiger partial charge < -0.3 is 0 Å². The van der Waals surface area contributed by atoms with Gasteiger partial charge in [0.2, 0.25) is 0 Å². The summed E-state index contributed by atoms with van der Waals surface area (Å²) in [5.41, 5.74) is 7.85. The monoisotopic (exact) mass is 629 g/mol. The highest BCUT2D eigenvalue weighted by Gasteiger charge is 2.11. The molecule has 49 heavy (non-hydrogen) atoms. The number of hydrogen-bond donors (Lipinski definition) is 0. The summed E-state index contributed by atoms with van der Waals surface area (Å²) >= 11 is 0. The van der Waals surface area contributed by atoms with Crippen molar-refractivity contribution in [2.45, 2.75) is 6.54 Å². The molecule has 3 heteroatoms. The minimum absolute atomic E-state index is 0.518. The molecule has 3 nitrogen and oxygen atoms in total. The maximum atomic E-state index is 5.18. The molecule has 1 heterocycles. The number of hydrogen-bond acceptors (Lipinski definition) is 3. The highest BCUT2D eigenvalue weighted by molar-refractivity contribution is 6.14. The Bertz CT molecular complexity index is 2430. The third-order valence-electron chi connectivity index (χ3n) is 8.68. The van der Waals surface area contributed by atoms with Gasteiger partial charge in [0.1, 0.15) is 0 Å². The van der Waals surface area contributed by atoms with Crippen molar-refractivity contribution in [2.75, 3.05) is 0 Å². The fraction of sp³-hybridized carbons (Fsp3) is 0.0217. The molecule has 234 valence electrons. The molecule has 0 spiro atoms. The fourth-order valence-electron chi connectivity index (χ4n) is 6.21. The van der Waals surface area contributed by atoms with Gasteiger partial charge in [0.05, 0.1) is 18.0 Å². The predicted octanol–water partition coefficient (Wildman–Crippen LogP) is 11.6. The summed E-state index contributed by atoms with van der Waals surface area (Å²) in [6.45, 7) is 8.40. The van der Waals surface area contributed by atoms with Crippen molar-refractivity contribution in [2.24, 2.45) is 9.98 Å². The van der Waals surface area contributed by atoms with Crippen LogP contribution in [0.1, 0.15) is 16.7 Å². The Morgan fingerprint density at radius 3 is 2.18 bits per heavy atom. The zero-order chi connectivity index (χ0) is 33.4. The van der Waals surface area contributed by atoms with E-state index in [4.69, 9.17) is 4.99 Å². The van der Waals surface area contributed by atoms with E-state index in [1.807, 2.05) is 42.6 Å². The van der Waals surface area contributed by atoms with Gasteiger partial charge in [-0.2, -0.15) is 0 Å². The van der Waals surface area contributed by atoms with Crippen LogP contribution in [0.5, 0.6) is 0 Å². The van der Waals surface area contributed by atoms with Gasteiger partial charge in [-0.05, 0) is 91.1 Å². The lowest BCUT2D eigenvalue weighted by Gasteiger charge is -2.12. The standard InChI is InChI=1S/C46H35N3/c1-3-11-37(22-19-33-12-10-27-48-31-33)45(47-2)30-46(49-32-34-20-21-35-13-4-5-14-39(35)28-34)38-25-23-36(24-26-38)44-29-40-15-6-7-16-41(40)42-17-8-9-18-43(42)44/h3-31H,1-2,32H2/b22-19+,37-11+,45-30-,49-46?. The van der Waals surface area contributed by atoms with Gasteiger partial charge >= 0.3 is 0 Å². The topological polar surface area (TPSA) is 37.6 Å². The van der Waals surface area contributed by atoms with Crippen LogP contribution in [0, 0.1) is 0 Å². The number of benzene rings is 6. The third-order valence-corrected chi connectivity index (χ3v) is 8.68. The molecular formula is C46H35N3. The highest BCUT2D eigenvalue weighted by atomic mass is 14.8. The van der Waals surface area contributed by atoms with E-state index in [1.54, 1.807) is 12.3 Å². The normalized spacial score (nSPS) is 12.6. The molecule has 0 amide bonds. The van der Waals surface area contributed by atoms with Gasteiger partial charge in [-0.25, -0.2) is 0 Å². The van der Waals surface area contributed by atoms with E-state index in [0.29, 0.717) is 12.2 Å². The van der Waals surface area contributed by atoms with Crippen molar-refractivity contribution in [3.8, 4) is 11.1 Å². The Balaban J connectivity index is 1.30. The number of rotatable bonds is 10. The van der Waals surface area contributed by atoms with E-state index >= 15 is 0 Å². The van der Waals surface area contributed by atoms with E-state index in [0.717, 1.165) is 33.5 Å². The molecule has 0 fully saturated rings. The number of aliphatic imine (C=N–C) groups is 2. The van der Waals surface area contributed by atoms with Crippen LogP contribution in [0.3, 0.4) is 0 Å². The molecule has 0 bridgehead atoms. The molecule has 0 atom stereocenters. The van der Waals surface area contributed by atoms with Crippen molar-refractivity contribution in [1.82, 2.24) is 4.98 Å². The Morgan fingerprint density at radius 1 is 0.694 bits per heavy atom. The first-order valence-corrected chi connectivity index (χ1v) is 16.3.